The highest BCUT2D eigenvalue weighted by Crippen LogP contribution is 2.44. The highest BCUT2D eigenvalue weighted by molar-refractivity contribution is 5.99. The van der Waals surface area contributed by atoms with Crippen molar-refractivity contribution in [2.24, 2.45) is 5.92 Å². The Morgan fingerprint density at radius 1 is 0.821 bits per heavy atom. The lowest BCUT2D eigenvalue weighted by atomic mass is 9.83. The molecule has 3 aromatic carbocycles. The average Bonchev–Trinajstić information content (AvgIpc) is 3.48. The number of aromatic amines is 1. The van der Waals surface area contributed by atoms with Crippen LogP contribution in [0.1, 0.15) is 94.7 Å². The standard InChI is InChI=1S/C44H53N5O7/c1-27-24-38(50)47-37-25-29(21-22-30(27)37)46-40(51)36(20-12-13-23-45-42(53)56-44(2,3)4)48-41(52)39(28-14-6-5-7-15-28)49-43(54)55-26-35-33-18-10-8-16-31(33)32-17-9-11-19-34(32)35/h8-11,16-19,21-22,24-25,28,35-36,39H,5-7,12-15,20,23,26H2,1-4H3,(H,45,53)(H,46,51)(H,47,50)(H,48,52)(H,49,54)/t36-,39-/m0/s1. The number of hydrogen-bond donors (Lipinski definition) is 5. The Labute approximate surface area is 327 Å². The van der Waals surface area contributed by atoms with E-state index in [0.29, 0.717) is 30.6 Å². The quantitative estimate of drug-likeness (QED) is 0.0883. The van der Waals surface area contributed by atoms with E-state index in [9.17, 15) is 24.0 Å². The van der Waals surface area contributed by atoms with Crippen molar-refractivity contribution in [3.8, 4) is 11.1 Å². The summed E-state index contributed by atoms with van der Waals surface area (Å²) in [6, 6.07) is 21.1. The molecule has 4 aromatic rings. The lowest BCUT2D eigenvalue weighted by Gasteiger charge is -2.31. The summed E-state index contributed by atoms with van der Waals surface area (Å²) in [4.78, 5) is 68.8. The zero-order valence-corrected chi connectivity index (χ0v) is 32.7. The highest BCUT2D eigenvalue weighted by Gasteiger charge is 2.35. The molecule has 0 bridgehead atoms. The summed E-state index contributed by atoms with van der Waals surface area (Å²) < 4.78 is 11.2. The number of aryl methyl sites for hydroxylation is 1. The molecule has 1 fully saturated rings. The van der Waals surface area contributed by atoms with Gasteiger partial charge >= 0.3 is 12.2 Å². The van der Waals surface area contributed by atoms with Crippen LogP contribution in [0.5, 0.6) is 0 Å². The molecule has 2 atom stereocenters. The first-order valence-corrected chi connectivity index (χ1v) is 19.7. The summed E-state index contributed by atoms with van der Waals surface area (Å²) in [5.41, 5.74) is 5.38. The van der Waals surface area contributed by atoms with Crippen molar-refractivity contribution >= 4 is 40.6 Å². The molecule has 0 radical (unpaired) electrons. The summed E-state index contributed by atoms with van der Waals surface area (Å²) in [5, 5.41) is 12.3. The zero-order valence-electron chi connectivity index (χ0n) is 32.7. The summed E-state index contributed by atoms with van der Waals surface area (Å²) in [6.07, 6.45) is 4.48. The maximum absolute atomic E-state index is 14.2. The summed E-state index contributed by atoms with van der Waals surface area (Å²) in [7, 11) is 0. The van der Waals surface area contributed by atoms with Crippen molar-refractivity contribution in [1.82, 2.24) is 20.9 Å². The maximum atomic E-state index is 14.2. The fraction of sp³-hybridized carbons (Fsp3) is 0.432. The van der Waals surface area contributed by atoms with E-state index in [2.05, 4.69) is 50.5 Å². The number of H-pyrrole nitrogens is 1. The van der Waals surface area contributed by atoms with Crippen LogP contribution < -0.4 is 26.8 Å². The number of alkyl carbamates (subject to hydrolysis) is 2. The fourth-order valence-corrected chi connectivity index (χ4v) is 7.88. The molecule has 1 aromatic heterocycles. The van der Waals surface area contributed by atoms with Crippen molar-refractivity contribution in [2.75, 3.05) is 18.5 Å². The van der Waals surface area contributed by atoms with Gasteiger partial charge in [0.25, 0.3) is 0 Å². The highest BCUT2D eigenvalue weighted by atomic mass is 16.6. The minimum atomic E-state index is -0.966. The number of anilines is 1. The lowest BCUT2D eigenvalue weighted by Crippen LogP contribution is -2.55. The topological polar surface area (TPSA) is 168 Å². The molecule has 12 nitrogen and oxygen atoms in total. The van der Waals surface area contributed by atoms with Crippen LogP contribution in [0.25, 0.3) is 22.0 Å². The molecule has 6 rings (SSSR count). The monoisotopic (exact) mass is 763 g/mol. The molecule has 0 spiro atoms. The van der Waals surface area contributed by atoms with E-state index in [-0.39, 0.29) is 30.4 Å². The molecular formula is C44H53N5O7. The number of aromatic nitrogens is 1. The molecule has 1 heterocycles. The van der Waals surface area contributed by atoms with Gasteiger partial charge in [0.2, 0.25) is 17.4 Å². The van der Waals surface area contributed by atoms with Gasteiger partial charge < -0.3 is 35.7 Å². The molecule has 1 saturated carbocycles. The second-order valence-electron chi connectivity index (χ2n) is 15.9. The van der Waals surface area contributed by atoms with Crippen LogP contribution in [0, 0.1) is 12.8 Å². The third-order valence-electron chi connectivity index (χ3n) is 10.6. The van der Waals surface area contributed by atoms with Gasteiger partial charge in [-0.05, 0) is 106 Å². The largest absolute Gasteiger partial charge is 0.449 e. The molecular weight excluding hydrogens is 711 g/mol. The van der Waals surface area contributed by atoms with E-state index in [1.807, 2.05) is 37.3 Å². The van der Waals surface area contributed by atoms with E-state index in [0.717, 1.165) is 65.3 Å². The van der Waals surface area contributed by atoms with Crippen molar-refractivity contribution in [1.29, 1.82) is 0 Å². The summed E-state index contributed by atoms with van der Waals surface area (Å²) >= 11 is 0. The lowest BCUT2D eigenvalue weighted by molar-refractivity contribution is -0.129. The number of unbranched alkanes of at least 4 members (excludes halogenated alkanes) is 1. The fourth-order valence-electron chi connectivity index (χ4n) is 7.88. The van der Waals surface area contributed by atoms with E-state index < -0.39 is 41.7 Å². The van der Waals surface area contributed by atoms with E-state index in [1.165, 1.54) is 6.07 Å². The maximum Gasteiger partial charge on any atom is 0.407 e. The SMILES string of the molecule is Cc1cc(=O)[nH]c2cc(NC(=O)[C@H](CCCCNC(=O)OC(C)(C)C)NC(=O)[C@@H](NC(=O)OCC3c4ccccc4-c4ccccc43)C3CCCCC3)ccc12. The number of amides is 4. The molecule has 296 valence electrons. The minimum absolute atomic E-state index is 0.109. The van der Waals surface area contributed by atoms with Crippen molar-refractivity contribution in [3.63, 3.8) is 0 Å². The minimum Gasteiger partial charge on any atom is -0.449 e. The van der Waals surface area contributed by atoms with Crippen LogP contribution in [0.15, 0.2) is 77.6 Å². The Morgan fingerprint density at radius 2 is 1.50 bits per heavy atom. The first-order chi connectivity index (χ1) is 26.9. The van der Waals surface area contributed by atoms with Crippen LogP contribution in [-0.2, 0) is 19.1 Å². The van der Waals surface area contributed by atoms with Crippen LogP contribution in [0.2, 0.25) is 0 Å². The molecule has 2 aliphatic carbocycles. The molecule has 56 heavy (non-hydrogen) atoms. The second kappa shape index (κ2) is 17.9. The number of hydrogen-bond acceptors (Lipinski definition) is 7. The molecule has 12 heteroatoms. The number of nitrogens with one attached hydrogen (secondary N) is 5. The van der Waals surface area contributed by atoms with Crippen molar-refractivity contribution in [2.45, 2.75) is 103 Å². The van der Waals surface area contributed by atoms with Gasteiger partial charge in [-0.2, -0.15) is 0 Å². The Balaban J connectivity index is 1.15. The van der Waals surface area contributed by atoms with Gasteiger partial charge in [-0.3, -0.25) is 14.4 Å². The van der Waals surface area contributed by atoms with Crippen LogP contribution in [0.4, 0.5) is 15.3 Å². The van der Waals surface area contributed by atoms with Gasteiger partial charge in [-0.15, -0.1) is 0 Å². The van der Waals surface area contributed by atoms with Gasteiger partial charge in [-0.1, -0.05) is 73.9 Å². The van der Waals surface area contributed by atoms with Crippen molar-refractivity contribution in [3.05, 3.63) is 99.8 Å². The average molecular weight is 764 g/mol. The molecule has 5 N–H and O–H groups in total. The molecule has 2 aliphatic rings. The second-order valence-corrected chi connectivity index (χ2v) is 15.9. The normalized spacial score (nSPS) is 15.2. The molecule has 0 aliphatic heterocycles. The van der Waals surface area contributed by atoms with Crippen LogP contribution >= 0.6 is 0 Å². The first kappa shape index (κ1) is 40.0. The smallest absolute Gasteiger partial charge is 0.407 e. The van der Waals surface area contributed by atoms with Gasteiger partial charge in [-0.25, -0.2) is 9.59 Å². The third kappa shape index (κ3) is 10.1. The van der Waals surface area contributed by atoms with Gasteiger partial charge in [0.1, 0.15) is 24.3 Å². The number of carbonyl (C=O) groups is 4. The first-order valence-electron chi connectivity index (χ1n) is 19.7. The van der Waals surface area contributed by atoms with Crippen LogP contribution in [-0.4, -0.2) is 59.8 Å². The molecule has 4 amide bonds. The third-order valence-corrected chi connectivity index (χ3v) is 10.6. The predicted molar refractivity (Wildman–Crippen MR) is 217 cm³/mol. The summed E-state index contributed by atoms with van der Waals surface area (Å²) in [6.45, 7) is 7.64. The van der Waals surface area contributed by atoms with Crippen LogP contribution in [0.3, 0.4) is 0 Å². The number of fused-ring (bicyclic) bond motifs is 4. The number of carbonyl (C=O) groups excluding carboxylic acids is 4. The Kier molecular flexibility index (Phi) is 12.8. The zero-order chi connectivity index (χ0) is 39.8. The summed E-state index contributed by atoms with van der Waals surface area (Å²) in [5.74, 6) is -1.18. The number of pyridine rings is 1. The Morgan fingerprint density at radius 3 is 2.18 bits per heavy atom. The van der Waals surface area contributed by atoms with Gasteiger partial charge in [0.15, 0.2) is 0 Å². The number of ether oxygens (including phenoxy) is 2. The number of benzene rings is 3. The molecule has 0 unspecified atom stereocenters. The Hall–Kier alpha value is -5.65. The van der Waals surface area contributed by atoms with E-state index >= 15 is 0 Å². The van der Waals surface area contributed by atoms with Gasteiger partial charge in [0, 0.05) is 29.6 Å². The number of rotatable bonds is 13. The Bertz CT molecular complexity index is 2070. The predicted octanol–water partition coefficient (Wildman–Crippen LogP) is 7.44. The van der Waals surface area contributed by atoms with Crippen molar-refractivity contribution < 1.29 is 28.7 Å². The molecule has 0 saturated heterocycles. The van der Waals surface area contributed by atoms with E-state index in [1.54, 1.807) is 32.9 Å². The van der Waals surface area contributed by atoms with E-state index in [4.69, 9.17) is 9.47 Å². The van der Waals surface area contributed by atoms with Gasteiger partial charge in [0.05, 0.1) is 5.52 Å².